The number of amides is 3. The van der Waals surface area contributed by atoms with Crippen molar-refractivity contribution in [1.82, 2.24) is 5.32 Å². The van der Waals surface area contributed by atoms with Crippen LogP contribution in [0.15, 0.2) is 18.2 Å². The zero-order valence-electron chi connectivity index (χ0n) is 10.3. The first kappa shape index (κ1) is 15.4. The Morgan fingerprint density at radius 2 is 2.11 bits per heavy atom. The summed E-state index contributed by atoms with van der Waals surface area (Å²) in [6, 6.07) is 2.50. The molecule has 3 N–H and O–H groups in total. The fourth-order valence-electron chi connectivity index (χ4n) is 1.45. The van der Waals surface area contributed by atoms with Gasteiger partial charge in [0, 0.05) is 29.1 Å². The fourth-order valence-corrected chi connectivity index (χ4v) is 2.48. The molecular formula is C12H14F2N2O2S. The Balaban J connectivity index is 2.45. The molecule has 0 bridgehead atoms. The predicted molar refractivity (Wildman–Crippen MR) is 69.6 cm³/mol. The molecule has 1 rings (SSSR count). The van der Waals surface area contributed by atoms with Crippen molar-refractivity contribution in [1.29, 1.82) is 0 Å². The van der Waals surface area contributed by atoms with E-state index in [1.165, 1.54) is 23.9 Å². The first-order chi connectivity index (χ1) is 8.90. The number of nitrogens with two attached hydrogens (primary N) is 1. The molecule has 0 aliphatic heterocycles. The van der Waals surface area contributed by atoms with Gasteiger partial charge in [0.2, 0.25) is 5.91 Å². The largest absolute Gasteiger partial charge is 0.351 e. The average molecular weight is 288 g/mol. The number of carbonyl (C=O) groups excluding carboxylic acids is 2. The van der Waals surface area contributed by atoms with Crippen LogP contribution in [0.1, 0.15) is 24.2 Å². The smallest absolute Gasteiger partial charge is 0.318 e. The quantitative estimate of drug-likeness (QED) is 0.873. The lowest BCUT2D eigenvalue weighted by atomic mass is 10.1. The van der Waals surface area contributed by atoms with Crippen molar-refractivity contribution < 1.29 is 18.4 Å². The van der Waals surface area contributed by atoms with Gasteiger partial charge in [0.15, 0.2) is 0 Å². The molecule has 0 heterocycles. The third-order valence-electron chi connectivity index (χ3n) is 2.36. The zero-order valence-corrected chi connectivity index (χ0v) is 11.1. The molecule has 0 aliphatic carbocycles. The molecule has 0 fully saturated rings. The van der Waals surface area contributed by atoms with Crippen LogP contribution in [0.5, 0.6) is 0 Å². The minimum absolute atomic E-state index is 0.0980. The van der Waals surface area contributed by atoms with Crippen molar-refractivity contribution in [2.24, 2.45) is 5.73 Å². The van der Waals surface area contributed by atoms with Crippen LogP contribution in [-0.4, -0.2) is 17.7 Å². The normalized spacial score (nSPS) is 11.9. The molecule has 0 saturated heterocycles. The third-order valence-corrected chi connectivity index (χ3v) is 3.55. The van der Waals surface area contributed by atoms with E-state index in [9.17, 15) is 18.4 Å². The van der Waals surface area contributed by atoms with Gasteiger partial charge < -0.3 is 5.73 Å². The Morgan fingerprint density at radius 3 is 2.68 bits per heavy atom. The number of hydrogen-bond acceptors (Lipinski definition) is 3. The molecule has 1 aromatic carbocycles. The van der Waals surface area contributed by atoms with E-state index in [1.807, 2.05) is 5.32 Å². The van der Waals surface area contributed by atoms with E-state index in [0.717, 1.165) is 6.07 Å². The highest BCUT2D eigenvalue weighted by atomic mass is 32.2. The topological polar surface area (TPSA) is 72.2 Å². The van der Waals surface area contributed by atoms with Crippen LogP contribution in [0.2, 0.25) is 0 Å². The maximum atomic E-state index is 13.5. The molecule has 0 aromatic heterocycles. The summed E-state index contributed by atoms with van der Waals surface area (Å²) < 4.78 is 26.2. The Labute approximate surface area is 113 Å². The number of halogens is 2. The Bertz CT molecular complexity index is 483. The number of thioether (sulfide) groups is 1. The van der Waals surface area contributed by atoms with Crippen LogP contribution >= 0.6 is 11.8 Å². The molecule has 3 amide bonds. The number of carbonyl (C=O) groups is 2. The SMILES string of the molecule is C[C@H](SCCC(=O)NC(N)=O)c1ccc(F)cc1F. The van der Waals surface area contributed by atoms with E-state index in [1.54, 1.807) is 6.92 Å². The second kappa shape index (κ2) is 7.08. The minimum atomic E-state index is -0.896. The van der Waals surface area contributed by atoms with Gasteiger partial charge in [-0.1, -0.05) is 6.07 Å². The van der Waals surface area contributed by atoms with E-state index in [4.69, 9.17) is 5.73 Å². The number of benzene rings is 1. The van der Waals surface area contributed by atoms with E-state index >= 15 is 0 Å². The van der Waals surface area contributed by atoms with Crippen molar-refractivity contribution >= 4 is 23.7 Å². The average Bonchev–Trinajstić information content (AvgIpc) is 2.27. The van der Waals surface area contributed by atoms with Crippen LogP contribution in [0.4, 0.5) is 13.6 Å². The zero-order chi connectivity index (χ0) is 14.4. The van der Waals surface area contributed by atoms with Gasteiger partial charge in [0.05, 0.1) is 0 Å². The van der Waals surface area contributed by atoms with Crippen LogP contribution in [0.25, 0.3) is 0 Å². The Morgan fingerprint density at radius 1 is 1.42 bits per heavy atom. The monoisotopic (exact) mass is 288 g/mol. The number of imide groups is 1. The molecule has 0 radical (unpaired) electrons. The fraction of sp³-hybridized carbons (Fsp3) is 0.333. The number of urea groups is 1. The standard InChI is InChI=1S/C12H14F2N2O2S/c1-7(9-3-2-8(13)6-10(9)14)19-5-4-11(17)16-12(15)18/h2-3,6-7H,4-5H2,1H3,(H3,15,16,17,18)/t7-/m0/s1. The maximum Gasteiger partial charge on any atom is 0.318 e. The predicted octanol–water partition coefficient (Wildman–Crippen LogP) is 2.34. The molecule has 0 spiro atoms. The summed E-state index contributed by atoms with van der Waals surface area (Å²) in [5.74, 6) is -1.32. The van der Waals surface area contributed by atoms with Gasteiger partial charge in [-0.2, -0.15) is 11.8 Å². The summed E-state index contributed by atoms with van der Waals surface area (Å²) in [4.78, 5) is 21.5. The summed E-state index contributed by atoms with van der Waals surface area (Å²) in [6.07, 6.45) is 0.0980. The first-order valence-corrected chi connectivity index (χ1v) is 6.61. The molecule has 19 heavy (non-hydrogen) atoms. The van der Waals surface area contributed by atoms with Gasteiger partial charge >= 0.3 is 6.03 Å². The molecule has 104 valence electrons. The van der Waals surface area contributed by atoms with Crippen molar-refractivity contribution in [3.05, 3.63) is 35.4 Å². The first-order valence-electron chi connectivity index (χ1n) is 5.56. The summed E-state index contributed by atoms with van der Waals surface area (Å²) in [7, 11) is 0. The lowest BCUT2D eigenvalue weighted by Gasteiger charge is -2.12. The van der Waals surface area contributed by atoms with Crippen LogP contribution in [-0.2, 0) is 4.79 Å². The molecule has 1 aromatic rings. The van der Waals surface area contributed by atoms with Gasteiger partial charge in [0.1, 0.15) is 11.6 Å². The second-order valence-corrected chi connectivity index (χ2v) is 5.29. The van der Waals surface area contributed by atoms with E-state index in [0.29, 0.717) is 11.3 Å². The minimum Gasteiger partial charge on any atom is -0.351 e. The van der Waals surface area contributed by atoms with Crippen molar-refractivity contribution in [3.8, 4) is 0 Å². The molecule has 7 heteroatoms. The van der Waals surface area contributed by atoms with Crippen LogP contribution < -0.4 is 11.1 Å². The van der Waals surface area contributed by atoms with Crippen LogP contribution in [0.3, 0.4) is 0 Å². The van der Waals surface area contributed by atoms with E-state index < -0.39 is 23.6 Å². The summed E-state index contributed by atoms with van der Waals surface area (Å²) >= 11 is 1.33. The van der Waals surface area contributed by atoms with Crippen molar-refractivity contribution in [2.75, 3.05) is 5.75 Å². The van der Waals surface area contributed by atoms with E-state index in [2.05, 4.69) is 0 Å². The van der Waals surface area contributed by atoms with Gasteiger partial charge in [-0.05, 0) is 13.0 Å². The number of nitrogens with one attached hydrogen (secondary N) is 1. The number of rotatable bonds is 5. The van der Waals surface area contributed by atoms with Gasteiger partial charge in [-0.25, -0.2) is 13.6 Å². The number of hydrogen-bond donors (Lipinski definition) is 2. The molecule has 0 aliphatic rings. The van der Waals surface area contributed by atoms with E-state index in [-0.39, 0.29) is 11.7 Å². The number of primary amides is 1. The van der Waals surface area contributed by atoms with Gasteiger partial charge in [0.25, 0.3) is 0 Å². The van der Waals surface area contributed by atoms with Crippen molar-refractivity contribution in [2.45, 2.75) is 18.6 Å². The van der Waals surface area contributed by atoms with Gasteiger partial charge in [-0.15, -0.1) is 0 Å². The molecule has 1 atom stereocenters. The summed E-state index contributed by atoms with van der Waals surface area (Å²) in [5, 5.41) is 1.72. The molecule has 4 nitrogen and oxygen atoms in total. The summed E-state index contributed by atoms with van der Waals surface area (Å²) in [5.41, 5.74) is 5.16. The molecule has 0 unspecified atom stereocenters. The lowest BCUT2D eigenvalue weighted by Crippen LogP contribution is -2.35. The highest BCUT2D eigenvalue weighted by molar-refractivity contribution is 7.99. The molecule has 0 saturated carbocycles. The maximum absolute atomic E-state index is 13.5. The van der Waals surface area contributed by atoms with Crippen molar-refractivity contribution in [3.63, 3.8) is 0 Å². The highest BCUT2D eigenvalue weighted by Gasteiger charge is 2.13. The Kier molecular flexibility index (Phi) is 5.75. The highest BCUT2D eigenvalue weighted by Crippen LogP contribution is 2.30. The Hall–Kier alpha value is -1.63. The van der Waals surface area contributed by atoms with Gasteiger partial charge in [-0.3, -0.25) is 10.1 Å². The lowest BCUT2D eigenvalue weighted by molar-refractivity contribution is -0.119. The second-order valence-electron chi connectivity index (χ2n) is 3.84. The molecular weight excluding hydrogens is 274 g/mol. The third kappa shape index (κ3) is 5.25. The van der Waals surface area contributed by atoms with Crippen LogP contribution in [0, 0.1) is 11.6 Å². The summed E-state index contributed by atoms with van der Waals surface area (Å²) in [6.45, 7) is 1.76.